The third-order valence-corrected chi connectivity index (χ3v) is 4.52. The number of benzene rings is 1. The lowest BCUT2D eigenvalue weighted by Crippen LogP contribution is -2.20. The molecule has 2 heterocycles. The molecule has 3 rings (SSSR count). The smallest absolute Gasteiger partial charge is 0.186 e. The van der Waals surface area contributed by atoms with Crippen LogP contribution in [0.1, 0.15) is 6.42 Å². The van der Waals surface area contributed by atoms with Gasteiger partial charge in [0.05, 0.1) is 16.3 Å². The van der Waals surface area contributed by atoms with E-state index in [1.807, 2.05) is 0 Å². The average molecular weight is 346 g/mol. The summed E-state index contributed by atoms with van der Waals surface area (Å²) in [5.41, 5.74) is 1.06. The predicted octanol–water partition coefficient (Wildman–Crippen LogP) is 2.47. The van der Waals surface area contributed by atoms with Gasteiger partial charge in [-0.15, -0.1) is 0 Å². The summed E-state index contributed by atoms with van der Waals surface area (Å²) in [5.74, 6) is 0. The van der Waals surface area contributed by atoms with Gasteiger partial charge >= 0.3 is 0 Å². The number of thiazole rings is 1. The van der Waals surface area contributed by atoms with Crippen molar-refractivity contribution in [2.45, 2.75) is 12.5 Å². The van der Waals surface area contributed by atoms with Crippen LogP contribution < -0.4 is 4.90 Å². The Morgan fingerprint density at radius 2 is 2.38 bits per heavy atom. The topological polar surface area (TPSA) is 36.4 Å². The van der Waals surface area contributed by atoms with Gasteiger partial charge in [0, 0.05) is 16.7 Å². The first kappa shape index (κ1) is 10.7. The van der Waals surface area contributed by atoms with E-state index in [0.29, 0.717) is 0 Å². The largest absolute Gasteiger partial charge is 0.391 e. The molecule has 0 unspecified atom stereocenters. The molecule has 1 aliphatic rings. The Hall–Kier alpha value is -0.400. The van der Waals surface area contributed by atoms with Crippen molar-refractivity contribution in [2.75, 3.05) is 18.0 Å². The fourth-order valence-electron chi connectivity index (χ4n) is 1.94. The fourth-order valence-corrected chi connectivity index (χ4v) is 3.68. The zero-order chi connectivity index (χ0) is 11.1. The maximum atomic E-state index is 9.51. The maximum absolute atomic E-state index is 9.51. The third-order valence-electron chi connectivity index (χ3n) is 2.77. The van der Waals surface area contributed by atoms with Crippen molar-refractivity contribution in [3.05, 3.63) is 21.8 Å². The van der Waals surface area contributed by atoms with Crippen LogP contribution in [0.25, 0.3) is 10.2 Å². The molecular weight excluding hydrogens is 335 g/mol. The van der Waals surface area contributed by atoms with E-state index in [-0.39, 0.29) is 6.10 Å². The Balaban J connectivity index is 1.99. The van der Waals surface area contributed by atoms with Crippen LogP contribution in [0.15, 0.2) is 18.2 Å². The summed E-state index contributed by atoms with van der Waals surface area (Å²) < 4.78 is 2.46. The Labute approximate surface area is 111 Å². The van der Waals surface area contributed by atoms with Gasteiger partial charge in [-0.1, -0.05) is 11.3 Å². The van der Waals surface area contributed by atoms with Gasteiger partial charge in [0.1, 0.15) is 0 Å². The van der Waals surface area contributed by atoms with Gasteiger partial charge in [-0.25, -0.2) is 4.98 Å². The Kier molecular flexibility index (Phi) is 2.76. The van der Waals surface area contributed by atoms with E-state index in [2.05, 4.69) is 50.7 Å². The number of β-amino-alcohol motifs (C(OH)–C–C–N with tert-alkyl or cyclic N) is 1. The normalized spacial score (nSPS) is 20.9. The Morgan fingerprint density at radius 1 is 1.50 bits per heavy atom. The van der Waals surface area contributed by atoms with Gasteiger partial charge < -0.3 is 10.0 Å². The van der Waals surface area contributed by atoms with E-state index < -0.39 is 0 Å². The molecule has 1 aromatic heterocycles. The number of hydrogen-bond acceptors (Lipinski definition) is 4. The van der Waals surface area contributed by atoms with Crippen LogP contribution in [0.4, 0.5) is 5.13 Å². The van der Waals surface area contributed by atoms with Crippen molar-refractivity contribution in [3.63, 3.8) is 0 Å². The number of halogens is 1. The lowest BCUT2D eigenvalue weighted by molar-refractivity contribution is 0.198. The molecule has 1 aromatic carbocycles. The van der Waals surface area contributed by atoms with Gasteiger partial charge in [-0.05, 0) is 47.2 Å². The summed E-state index contributed by atoms with van der Waals surface area (Å²) in [7, 11) is 0. The maximum Gasteiger partial charge on any atom is 0.186 e. The van der Waals surface area contributed by atoms with Crippen LogP contribution in [0.2, 0.25) is 0 Å². The molecule has 0 radical (unpaired) electrons. The lowest BCUT2D eigenvalue weighted by atomic mass is 10.3. The number of anilines is 1. The summed E-state index contributed by atoms with van der Waals surface area (Å²) >= 11 is 4.02. The van der Waals surface area contributed by atoms with Crippen molar-refractivity contribution >= 4 is 49.3 Å². The number of aliphatic hydroxyl groups excluding tert-OH is 1. The van der Waals surface area contributed by atoms with E-state index in [1.54, 1.807) is 11.3 Å². The zero-order valence-electron chi connectivity index (χ0n) is 8.56. The average Bonchev–Trinajstić information content (AvgIpc) is 2.83. The van der Waals surface area contributed by atoms with Gasteiger partial charge in [0.25, 0.3) is 0 Å². The number of hydrogen-bond donors (Lipinski definition) is 1. The van der Waals surface area contributed by atoms with Crippen molar-refractivity contribution in [1.29, 1.82) is 0 Å². The van der Waals surface area contributed by atoms with Gasteiger partial charge in [-0.3, -0.25) is 0 Å². The highest BCUT2D eigenvalue weighted by molar-refractivity contribution is 14.1. The zero-order valence-corrected chi connectivity index (χ0v) is 11.5. The minimum absolute atomic E-state index is 0.188. The van der Waals surface area contributed by atoms with Crippen LogP contribution in [0, 0.1) is 3.57 Å². The highest BCUT2D eigenvalue weighted by Gasteiger charge is 2.22. The molecule has 0 amide bonds. The summed E-state index contributed by atoms with van der Waals surface area (Å²) in [4.78, 5) is 6.77. The van der Waals surface area contributed by atoms with E-state index in [9.17, 15) is 5.11 Å². The van der Waals surface area contributed by atoms with E-state index >= 15 is 0 Å². The first-order chi connectivity index (χ1) is 7.72. The first-order valence-corrected chi connectivity index (χ1v) is 7.11. The molecular formula is C11H11IN2OS. The van der Waals surface area contributed by atoms with Gasteiger partial charge in [0.2, 0.25) is 0 Å². The van der Waals surface area contributed by atoms with E-state index in [0.717, 1.165) is 30.2 Å². The van der Waals surface area contributed by atoms with Crippen molar-refractivity contribution < 1.29 is 5.11 Å². The van der Waals surface area contributed by atoms with E-state index in [1.165, 1.54) is 8.27 Å². The molecule has 1 saturated heterocycles. The number of aliphatic hydroxyl groups is 1. The van der Waals surface area contributed by atoms with E-state index in [4.69, 9.17) is 0 Å². The molecule has 5 heteroatoms. The van der Waals surface area contributed by atoms with Crippen LogP contribution in [-0.4, -0.2) is 29.3 Å². The second-order valence-corrected chi connectivity index (χ2v) is 6.25. The summed E-state index contributed by atoms with van der Waals surface area (Å²) in [6.07, 6.45) is 0.667. The molecule has 0 spiro atoms. The molecule has 84 valence electrons. The van der Waals surface area contributed by atoms with Gasteiger partial charge in [-0.2, -0.15) is 0 Å². The van der Waals surface area contributed by atoms with Crippen LogP contribution in [0.5, 0.6) is 0 Å². The highest BCUT2D eigenvalue weighted by atomic mass is 127. The van der Waals surface area contributed by atoms with Gasteiger partial charge in [0.15, 0.2) is 5.13 Å². The van der Waals surface area contributed by atoms with Crippen molar-refractivity contribution in [3.8, 4) is 0 Å². The molecule has 3 nitrogen and oxygen atoms in total. The summed E-state index contributed by atoms with van der Waals surface area (Å²) in [6, 6.07) is 6.29. The second kappa shape index (κ2) is 4.12. The number of nitrogens with zero attached hydrogens (tertiary/aromatic N) is 2. The Bertz CT molecular complexity index is 528. The monoisotopic (exact) mass is 346 g/mol. The number of rotatable bonds is 1. The molecule has 1 fully saturated rings. The molecule has 1 aliphatic heterocycles. The third kappa shape index (κ3) is 1.91. The standard InChI is InChI=1S/C11H11IN2OS/c12-7-1-2-9-10(5-7)16-11(13-9)14-4-3-8(15)6-14/h1-2,5,8,15H,3-4,6H2/t8-/m0/s1. The van der Waals surface area contributed by atoms with Crippen molar-refractivity contribution in [2.24, 2.45) is 0 Å². The molecule has 0 bridgehead atoms. The summed E-state index contributed by atoms with van der Waals surface area (Å²) in [6.45, 7) is 1.63. The quantitative estimate of drug-likeness (QED) is 0.806. The highest BCUT2D eigenvalue weighted by Crippen LogP contribution is 2.31. The van der Waals surface area contributed by atoms with Crippen LogP contribution >= 0.6 is 33.9 Å². The van der Waals surface area contributed by atoms with Crippen molar-refractivity contribution in [1.82, 2.24) is 4.98 Å². The van der Waals surface area contributed by atoms with Crippen LogP contribution in [0.3, 0.4) is 0 Å². The molecule has 1 N–H and O–H groups in total. The molecule has 2 aromatic rings. The van der Waals surface area contributed by atoms with Crippen LogP contribution in [-0.2, 0) is 0 Å². The molecule has 0 saturated carbocycles. The number of aromatic nitrogens is 1. The number of fused-ring (bicyclic) bond motifs is 1. The minimum atomic E-state index is -0.188. The second-order valence-electron chi connectivity index (χ2n) is 4.00. The summed E-state index contributed by atoms with van der Waals surface area (Å²) in [5, 5.41) is 10.5. The Morgan fingerprint density at radius 3 is 3.12 bits per heavy atom. The fraction of sp³-hybridized carbons (Fsp3) is 0.364. The SMILES string of the molecule is O[C@H]1CCN(c2nc3ccc(I)cc3s2)C1. The lowest BCUT2D eigenvalue weighted by Gasteiger charge is -2.12. The minimum Gasteiger partial charge on any atom is -0.391 e. The first-order valence-electron chi connectivity index (χ1n) is 5.21. The molecule has 16 heavy (non-hydrogen) atoms. The molecule has 1 atom stereocenters. The predicted molar refractivity (Wildman–Crippen MR) is 75.2 cm³/mol. The molecule has 0 aliphatic carbocycles.